The Morgan fingerprint density at radius 2 is 1.89 bits per heavy atom. The van der Waals surface area contributed by atoms with E-state index in [-0.39, 0.29) is 24.0 Å². The lowest BCUT2D eigenvalue weighted by molar-refractivity contribution is 0.242. The molecule has 7 heteroatoms. The molecule has 3 rings (SSSR count). The van der Waals surface area contributed by atoms with Crippen LogP contribution >= 0.6 is 24.0 Å². The summed E-state index contributed by atoms with van der Waals surface area (Å²) in [5, 5.41) is 7.04. The monoisotopic (exact) mass is 502 g/mol. The first-order chi connectivity index (χ1) is 13.2. The Kier molecular flexibility index (Phi) is 9.64. The van der Waals surface area contributed by atoms with Gasteiger partial charge in [-0.25, -0.2) is 0 Å². The Hall–Kier alpha value is -1.22. The van der Waals surface area contributed by atoms with Gasteiger partial charge in [0.05, 0.1) is 14.2 Å². The Labute approximate surface area is 186 Å². The molecule has 2 fully saturated rings. The molecule has 1 unspecified atom stereocenters. The minimum atomic E-state index is 0. The van der Waals surface area contributed by atoms with Gasteiger partial charge in [-0.3, -0.25) is 9.89 Å². The van der Waals surface area contributed by atoms with E-state index in [1.54, 1.807) is 14.2 Å². The average Bonchev–Trinajstić information content (AvgIpc) is 3.38. The minimum absolute atomic E-state index is 0. The van der Waals surface area contributed by atoms with Gasteiger partial charge < -0.3 is 20.1 Å². The highest BCUT2D eigenvalue weighted by Crippen LogP contribution is 2.28. The zero-order valence-corrected chi connectivity index (χ0v) is 19.7. The number of nitrogens with one attached hydrogen (secondary N) is 2. The van der Waals surface area contributed by atoms with Crippen molar-refractivity contribution in [1.82, 2.24) is 15.5 Å². The first-order valence-corrected chi connectivity index (χ1v) is 10.2. The molecule has 1 aromatic carbocycles. The van der Waals surface area contributed by atoms with E-state index in [0.717, 1.165) is 43.0 Å². The van der Waals surface area contributed by atoms with Crippen molar-refractivity contribution in [3.05, 3.63) is 23.8 Å². The third-order valence-electron chi connectivity index (χ3n) is 5.78. The van der Waals surface area contributed by atoms with Crippen LogP contribution in [0.25, 0.3) is 0 Å². The number of rotatable bonds is 7. The van der Waals surface area contributed by atoms with Crippen molar-refractivity contribution in [2.75, 3.05) is 40.9 Å². The Balaban J connectivity index is 0.00000280. The Morgan fingerprint density at radius 1 is 1.14 bits per heavy atom. The van der Waals surface area contributed by atoms with Crippen LogP contribution in [0.5, 0.6) is 11.5 Å². The quantitative estimate of drug-likeness (QED) is 0.341. The van der Waals surface area contributed by atoms with Gasteiger partial charge in [-0.1, -0.05) is 18.9 Å². The van der Waals surface area contributed by atoms with Gasteiger partial charge >= 0.3 is 0 Å². The molecule has 1 heterocycles. The number of methoxy groups -OCH3 is 2. The smallest absolute Gasteiger partial charge is 0.191 e. The standard InChI is InChI=1S/C21H34N4O2.HI/c1-22-21(24-17-11-13-25(15-17)18-6-4-5-7-18)23-12-10-16-8-9-19(26-2)20(14-16)27-3;/h8-9,14,17-18H,4-7,10-13,15H2,1-3H3,(H2,22,23,24);1H. The maximum absolute atomic E-state index is 5.38. The van der Waals surface area contributed by atoms with Crippen molar-refractivity contribution in [3.8, 4) is 11.5 Å². The summed E-state index contributed by atoms with van der Waals surface area (Å²) >= 11 is 0. The number of halogens is 1. The molecule has 2 N–H and O–H groups in total. The van der Waals surface area contributed by atoms with Crippen molar-refractivity contribution < 1.29 is 9.47 Å². The number of guanidine groups is 1. The van der Waals surface area contributed by atoms with Crippen molar-refractivity contribution in [2.45, 2.75) is 50.6 Å². The molecular formula is C21H35IN4O2. The maximum atomic E-state index is 5.38. The lowest BCUT2D eigenvalue weighted by Gasteiger charge is -2.24. The van der Waals surface area contributed by atoms with Gasteiger partial charge in [0.15, 0.2) is 17.5 Å². The second-order valence-electron chi connectivity index (χ2n) is 7.50. The normalized spacial score (nSPS) is 20.7. The summed E-state index contributed by atoms with van der Waals surface area (Å²) in [7, 11) is 5.17. The molecule has 0 bridgehead atoms. The summed E-state index contributed by atoms with van der Waals surface area (Å²) in [6.45, 7) is 3.18. The SMILES string of the molecule is CN=C(NCCc1ccc(OC)c(OC)c1)NC1CCN(C2CCCC2)C1.I. The molecule has 1 atom stereocenters. The highest BCUT2D eigenvalue weighted by molar-refractivity contribution is 14.0. The van der Waals surface area contributed by atoms with E-state index in [9.17, 15) is 0 Å². The van der Waals surface area contributed by atoms with E-state index in [1.807, 2.05) is 19.2 Å². The molecular weight excluding hydrogens is 467 g/mol. The van der Waals surface area contributed by atoms with Crippen LogP contribution in [0.15, 0.2) is 23.2 Å². The number of hydrogen-bond acceptors (Lipinski definition) is 4. The Bertz CT molecular complexity index is 635. The molecule has 2 aliphatic rings. The fourth-order valence-electron chi connectivity index (χ4n) is 4.26. The second-order valence-corrected chi connectivity index (χ2v) is 7.50. The predicted octanol–water partition coefficient (Wildman–Crippen LogP) is 3.05. The fourth-order valence-corrected chi connectivity index (χ4v) is 4.26. The zero-order chi connectivity index (χ0) is 19.1. The highest BCUT2D eigenvalue weighted by atomic mass is 127. The maximum Gasteiger partial charge on any atom is 0.191 e. The molecule has 0 radical (unpaired) electrons. The third kappa shape index (κ3) is 6.14. The van der Waals surface area contributed by atoms with Gasteiger partial charge in [-0.2, -0.15) is 0 Å². The van der Waals surface area contributed by atoms with E-state index in [1.165, 1.54) is 44.2 Å². The lowest BCUT2D eigenvalue weighted by atomic mass is 10.1. The molecule has 0 aromatic heterocycles. The van der Waals surface area contributed by atoms with Crippen molar-refractivity contribution >= 4 is 29.9 Å². The summed E-state index contributed by atoms with van der Waals surface area (Å²) in [5.74, 6) is 2.43. The highest BCUT2D eigenvalue weighted by Gasteiger charge is 2.30. The van der Waals surface area contributed by atoms with E-state index < -0.39 is 0 Å². The first kappa shape index (κ1) is 23.1. The van der Waals surface area contributed by atoms with Crippen LogP contribution in [0.1, 0.15) is 37.7 Å². The van der Waals surface area contributed by atoms with E-state index in [2.05, 4.69) is 26.6 Å². The number of likely N-dealkylation sites (tertiary alicyclic amines) is 1. The van der Waals surface area contributed by atoms with Crippen molar-refractivity contribution in [2.24, 2.45) is 4.99 Å². The van der Waals surface area contributed by atoms with Gasteiger partial charge in [0.25, 0.3) is 0 Å². The van der Waals surface area contributed by atoms with Gasteiger partial charge in [0.2, 0.25) is 0 Å². The molecule has 1 aliphatic carbocycles. The van der Waals surface area contributed by atoms with Crippen molar-refractivity contribution in [3.63, 3.8) is 0 Å². The van der Waals surface area contributed by atoms with Crippen LogP contribution in [-0.2, 0) is 6.42 Å². The number of ether oxygens (including phenoxy) is 2. The minimum Gasteiger partial charge on any atom is -0.493 e. The van der Waals surface area contributed by atoms with E-state index >= 15 is 0 Å². The van der Waals surface area contributed by atoms with Crippen LogP contribution in [-0.4, -0.2) is 63.8 Å². The van der Waals surface area contributed by atoms with Crippen LogP contribution < -0.4 is 20.1 Å². The third-order valence-corrected chi connectivity index (χ3v) is 5.78. The molecule has 1 aliphatic heterocycles. The summed E-state index contributed by atoms with van der Waals surface area (Å²) in [6, 6.07) is 7.38. The van der Waals surface area contributed by atoms with Crippen LogP contribution in [0.4, 0.5) is 0 Å². The average molecular weight is 502 g/mol. The van der Waals surface area contributed by atoms with Crippen LogP contribution in [0.2, 0.25) is 0 Å². The topological polar surface area (TPSA) is 58.1 Å². The van der Waals surface area contributed by atoms with Crippen LogP contribution in [0.3, 0.4) is 0 Å². The number of aliphatic imine (C=N–C) groups is 1. The van der Waals surface area contributed by atoms with Crippen molar-refractivity contribution in [1.29, 1.82) is 0 Å². The van der Waals surface area contributed by atoms with Gasteiger partial charge in [-0.15, -0.1) is 24.0 Å². The largest absolute Gasteiger partial charge is 0.493 e. The molecule has 0 amide bonds. The molecule has 1 saturated heterocycles. The molecule has 0 spiro atoms. The molecule has 28 heavy (non-hydrogen) atoms. The molecule has 1 saturated carbocycles. The lowest BCUT2D eigenvalue weighted by Crippen LogP contribution is -2.45. The summed E-state index contributed by atoms with van der Waals surface area (Å²) < 4.78 is 10.7. The summed E-state index contributed by atoms with van der Waals surface area (Å²) in [4.78, 5) is 7.07. The van der Waals surface area contributed by atoms with Gasteiger partial charge in [0, 0.05) is 38.8 Å². The first-order valence-electron chi connectivity index (χ1n) is 10.2. The van der Waals surface area contributed by atoms with Crippen LogP contribution in [0, 0.1) is 0 Å². The fraction of sp³-hybridized carbons (Fsp3) is 0.667. The van der Waals surface area contributed by atoms with Gasteiger partial charge in [0.1, 0.15) is 0 Å². The van der Waals surface area contributed by atoms with E-state index in [4.69, 9.17) is 9.47 Å². The molecule has 1 aromatic rings. The molecule has 158 valence electrons. The summed E-state index contributed by atoms with van der Waals surface area (Å²) in [6.07, 6.45) is 7.67. The second kappa shape index (κ2) is 11.7. The van der Waals surface area contributed by atoms with E-state index in [0.29, 0.717) is 6.04 Å². The number of benzene rings is 1. The van der Waals surface area contributed by atoms with Gasteiger partial charge in [-0.05, 0) is 43.4 Å². The number of hydrogen-bond donors (Lipinski definition) is 2. The zero-order valence-electron chi connectivity index (χ0n) is 17.4. The summed E-state index contributed by atoms with van der Waals surface area (Å²) in [5.41, 5.74) is 1.21. The Morgan fingerprint density at radius 3 is 2.57 bits per heavy atom. The molecule has 6 nitrogen and oxygen atoms in total. The predicted molar refractivity (Wildman–Crippen MR) is 125 cm³/mol. The number of nitrogens with zero attached hydrogens (tertiary/aromatic N) is 2.